The molecule has 2 saturated heterocycles. The van der Waals surface area contributed by atoms with Crippen LogP contribution in [0.25, 0.3) is 0 Å². The van der Waals surface area contributed by atoms with Gasteiger partial charge in [-0.15, -0.1) is 0 Å². The Labute approximate surface area is 129 Å². The first kappa shape index (κ1) is 17.0. The van der Waals surface area contributed by atoms with Crippen LogP contribution in [0.5, 0.6) is 0 Å². The van der Waals surface area contributed by atoms with Crippen LogP contribution in [0.2, 0.25) is 6.32 Å². The summed E-state index contributed by atoms with van der Waals surface area (Å²) in [6.07, 6.45) is 5.59. The van der Waals surface area contributed by atoms with E-state index in [1.54, 1.807) is 0 Å². The van der Waals surface area contributed by atoms with Gasteiger partial charge in [0.05, 0.1) is 24.4 Å². The summed E-state index contributed by atoms with van der Waals surface area (Å²) in [6, 6.07) is 0. The van der Waals surface area contributed by atoms with Gasteiger partial charge < -0.3 is 18.8 Å². The molecule has 2 aliphatic rings. The van der Waals surface area contributed by atoms with E-state index in [1.165, 1.54) is 0 Å². The molecule has 5 heteroatoms. The summed E-state index contributed by atoms with van der Waals surface area (Å²) in [7, 11) is -0.168. The maximum Gasteiger partial charge on any atom is 0.461 e. The lowest BCUT2D eigenvalue weighted by Crippen LogP contribution is -2.41. The van der Waals surface area contributed by atoms with E-state index in [1.807, 2.05) is 0 Å². The van der Waals surface area contributed by atoms with Crippen molar-refractivity contribution in [3.63, 3.8) is 0 Å². The Morgan fingerprint density at radius 1 is 0.905 bits per heavy atom. The quantitative estimate of drug-likeness (QED) is 0.588. The molecule has 0 spiro atoms. The zero-order chi connectivity index (χ0) is 15.7. The van der Waals surface area contributed by atoms with E-state index in [0.717, 1.165) is 26.0 Å². The third-order valence-electron chi connectivity index (χ3n) is 4.45. The molecule has 0 unspecified atom stereocenters. The molecule has 0 aromatic heterocycles. The molecule has 2 heterocycles. The highest BCUT2D eigenvalue weighted by atomic mass is 16.7. The van der Waals surface area contributed by atoms with Crippen molar-refractivity contribution in [1.82, 2.24) is 0 Å². The lowest BCUT2D eigenvalue weighted by Gasteiger charge is -2.34. The van der Waals surface area contributed by atoms with Crippen molar-refractivity contribution in [2.75, 3.05) is 13.2 Å². The van der Waals surface area contributed by atoms with Crippen LogP contribution in [0.3, 0.4) is 0 Å². The van der Waals surface area contributed by atoms with Crippen LogP contribution < -0.4 is 0 Å². The van der Waals surface area contributed by atoms with Gasteiger partial charge in [-0.2, -0.15) is 0 Å². The predicted molar refractivity (Wildman–Crippen MR) is 84.1 cm³/mol. The van der Waals surface area contributed by atoms with Gasteiger partial charge in [0.25, 0.3) is 0 Å². The summed E-state index contributed by atoms with van der Waals surface area (Å²) in [5.41, 5.74) is -0.387. The van der Waals surface area contributed by atoms with Crippen molar-refractivity contribution in [1.29, 1.82) is 0 Å². The number of ether oxygens (including phenoxy) is 2. The van der Waals surface area contributed by atoms with Crippen LogP contribution in [-0.2, 0) is 18.8 Å². The summed E-state index contributed by atoms with van der Waals surface area (Å²) in [6.45, 7) is 14.1. The average molecular weight is 296 g/mol. The van der Waals surface area contributed by atoms with Gasteiger partial charge in [-0.3, -0.25) is 0 Å². The van der Waals surface area contributed by atoms with Crippen molar-refractivity contribution in [2.45, 2.75) is 71.8 Å². The fraction of sp³-hybridized carbons (Fsp3) is 0.875. The summed E-state index contributed by atoms with van der Waals surface area (Å²) in [4.78, 5) is 0. The van der Waals surface area contributed by atoms with E-state index < -0.39 is 0 Å². The Morgan fingerprint density at radius 2 is 1.43 bits per heavy atom. The second-order valence-electron chi connectivity index (χ2n) is 7.84. The molecule has 2 rings (SSSR count). The highest BCUT2D eigenvalue weighted by molar-refractivity contribution is 6.46. The Kier molecular flexibility index (Phi) is 4.89. The third-order valence-corrected chi connectivity index (χ3v) is 4.45. The molecule has 0 aromatic carbocycles. The topological polar surface area (TPSA) is 36.9 Å². The lowest BCUT2D eigenvalue weighted by molar-refractivity contribution is -0.219. The van der Waals surface area contributed by atoms with Gasteiger partial charge in [-0.1, -0.05) is 26.0 Å². The van der Waals surface area contributed by atoms with Gasteiger partial charge in [0.15, 0.2) is 6.29 Å². The van der Waals surface area contributed by atoms with Gasteiger partial charge in [0.1, 0.15) is 0 Å². The SMILES string of the molecule is CC1(C)COC(C/C=C\CB2OC(C)(C)C(C)(C)O2)OC1. The fourth-order valence-electron chi connectivity index (χ4n) is 2.34. The molecule has 0 radical (unpaired) electrons. The zero-order valence-electron chi connectivity index (χ0n) is 14.3. The monoisotopic (exact) mass is 296 g/mol. The van der Waals surface area contributed by atoms with Crippen LogP contribution in [0.4, 0.5) is 0 Å². The largest absolute Gasteiger partial charge is 0.461 e. The third kappa shape index (κ3) is 4.32. The highest BCUT2D eigenvalue weighted by Gasteiger charge is 2.50. The molecule has 0 aliphatic carbocycles. The first-order valence-corrected chi connectivity index (χ1v) is 7.85. The second-order valence-corrected chi connectivity index (χ2v) is 7.84. The van der Waals surface area contributed by atoms with Crippen molar-refractivity contribution in [2.24, 2.45) is 5.41 Å². The van der Waals surface area contributed by atoms with Crippen LogP contribution >= 0.6 is 0 Å². The molecule has 0 saturated carbocycles. The maximum atomic E-state index is 5.95. The van der Waals surface area contributed by atoms with E-state index in [2.05, 4.69) is 53.7 Å². The highest BCUT2D eigenvalue weighted by Crippen LogP contribution is 2.37. The molecule has 0 aromatic rings. The smallest absolute Gasteiger partial charge is 0.403 e. The van der Waals surface area contributed by atoms with E-state index in [4.69, 9.17) is 18.8 Å². The molecule has 120 valence electrons. The summed E-state index contributed by atoms with van der Waals surface area (Å²) in [5.74, 6) is 0. The van der Waals surface area contributed by atoms with Gasteiger partial charge >= 0.3 is 7.12 Å². The zero-order valence-corrected chi connectivity index (χ0v) is 14.3. The van der Waals surface area contributed by atoms with Crippen LogP contribution in [0, 0.1) is 5.41 Å². The Balaban J connectivity index is 1.70. The first-order valence-electron chi connectivity index (χ1n) is 7.85. The minimum atomic E-state index is -0.257. The van der Waals surface area contributed by atoms with Crippen molar-refractivity contribution in [3.8, 4) is 0 Å². The minimum Gasteiger partial charge on any atom is -0.403 e. The molecular formula is C16H29BO4. The van der Waals surface area contributed by atoms with E-state index in [-0.39, 0.29) is 30.0 Å². The molecule has 21 heavy (non-hydrogen) atoms. The van der Waals surface area contributed by atoms with Gasteiger partial charge in [0.2, 0.25) is 0 Å². The number of allylic oxidation sites excluding steroid dienone is 1. The summed E-state index contributed by atoms with van der Waals surface area (Å²) in [5, 5.41) is 0. The number of rotatable bonds is 4. The van der Waals surface area contributed by atoms with Crippen LogP contribution in [0.1, 0.15) is 48.0 Å². The lowest BCUT2D eigenvalue weighted by atomic mass is 9.85. The predicted octanol–water partition coefficient (Wildman–Crippen LogP) is 3.42. The normalized spacial score (nSPS) is 28.4. The Bertz CT molecular complexity index is 364. The molecule has 0 N–H and O–H groups in total. The molecule has 2 aliphatic heterocycles. The molecule has 0 bridgehead atoms. The molecule has 0 amide bonds. The standard InChI is InChI=1S/C16H29BO4/c1-14(2)11-18-13(19-12-14)9-7-8-10-17-20-15(3,4)16(5,6)21-17/h7-8,13H,9-12H2,1-6H3/b8-7-. The maximum absolute atomic E-state index is 5.95. The Hall–Kier alpha value is -0.355. The minimum absolute atomic E-state index is 0.118. The number of hydrogen-bond donors (Lipinski definition) is 0. The molecule has 0 atom stereocenters. The van der Waals surface area contributed by atoms with E-state index >= 15 is 0 Å². The van der Waals surface area contributed by atoms with Gasteiger partial charge in [0, 0.05) is 18.2 Å². The Morgan fingerprint density at radius 3 is 1.95 bits per heavy atom. The van der Waals surface area contributed by atoms with Crippen LogP contribution in [-0.4, -0.2) is 37.8 Å². The van der Waals surface area contributed by atoms with Crippen LogP contribution in [0.15, 0.2) is 12.2 Å². The number of hydrogen-bond acceptors (Lipinski definition) is 4. The molecule has 2 fully saturated rings. The van der Waals surface area contributed by atoms with Gasteiger partial charge in [-0.25, -0.2) is 0 Å². The van der Waals surface area contributed by atoms with Gasteiger partial charge in [-0.05, 0) is 27.7 Å². The van der Waals surface area contributed by atoms with E-state index in [0.29, 0.717) is 0 Å². The summed E-state index contributed by atoms with van der Waals surface area (Å²) >= 11 is 0. The van der Waals surface area contributed by atoms with E-state index in [9.17, 15) is 0 Å². The fourth-order valence-corrected chi connectivity index (χ4v) is 2.34. The van der Waals surface area contributed by atoms with Crippen molar-refractivity contribution < 1.29 is 18.8 Å². The molecular weight excluding hydrogens is 267 g/mol. The van der Waals surface area contributed by atoms with Crippen molar-refractivity contribution in [3.05, 3.63) is 12.2 Å². The first-order chi connectivity index (χ1) is 9.61. The van der Waals surface area contributed by atoms with Crippen molar-refractivity contribution >= 4 is 7.12 Å². The average Bonchev–Trinajstić information content (AvgIpc) is 2.55. The second kappa shape index (κ2) is 6.03. The summed E-state index contributed by atoms with van der Waals surface area (Å²) < 4.78 is 23.3. The molecule has 4 nitrogen and oxygen atoms in total.